The zero-order valence-corrected chi connectivity index (χ0v) is 31.9. The van der Waals surface area contributed by atoms with Crippen LogP contribution in [0.1, 0.15) is 49.1 Å². The average molecular weight is 786 g/mol. The number of halogens is 2. The molecule has 0 atom stereocenters. The molecule has 0 aliphatic carbocycles. The Kier molecular flexibility index (Phi) is 10.3. The van der Waals surface area contributed by atoms with Gasteiger partial charge < -0.3 is 5.32 Å². The van der Waals surface area contributed by atoms with Crippen molar-refractivity contribution in [2.75, 3.05) is 42.9 Å². The van der Waals surface area contributed by atoms with Crippen molar-refractivity contribution in [2.24, 2.45) is 7.05 Å². The lowest BCUT2D eigenvalue weighted by molar-refractivity contribution is -0.120. The van der Waals surface area contributed by atoms with E-state index < -0.39 is 16.1 Å². The summed E-state index contributed by atoms with van der Waals surface area (Å²) in [6.45, 7) is 3.09. The third kappa shape index (κ3) is 7.79. The van der Waals surface area contributed by atoms with Gasteiger partial charge in [-0.05, 0) is 91.7 Å². The van der Waals surface area contributed by atoms with Gasteiger partial charge in [0.15, 0.2) is 5.82 Å². The second-order valence-corrected chi connectivity index (χ2v) is 16.8. The fraction of sp³-hybridized carbons (Fsp3) is 0.359. The van der Waals surface area contributed by atoms with E-state index in [0.29, 0.717) is 78.4 Å². The Morgan fingerprint density at radius 3 is 2.38 bits per heavy atom. The van der Waals surface area contributed by atoms with E-state index in [4.69, 9.17) is 11.6 Å². The van der Waals surface area contributed by atoms with Gasteiger partial charge >= 0.3 is 6.03 Å². The lowest BCUT2D eigenvalue weighted by atomic mass is 9.88. The topological polar surface area (TPSA) is 146 Å². The second kappa shape index (κ2) is 15.3. The number of anilines is 2. The summed E-state index contributed by atoms with van der Waals surface area (Å²) < 4.78 is 46.2. The molecule has 286 valence electrons. The maximum absolute atomic E-state index is 15.6. The fourth-order valence-electron chi connectivity index (χ4n) is 7.79. The summed E-state index contributed by atoms with van der Waals surface area (Å²) in [5.74, 6) is 0.729. The number of nitrogens with one attached hydrogen (secondary N) is 2. The first-order valence-corrected chi connectivity index (χ1v) is 20.3. The molecule has 3 aromatic carbocycles. The highest BCUT2D eigenvalue weighted by Crippen LogP contribution is 2.35. The third-order valence-electron chi connectivity index (χ3n) is 10.9. The molecule has 3 aliphatic heterocycles. The van der Waals surface area contributed by atoms with Crippen LogP contribution in [0, 0.1) is 5.82 Å². The number of carbonyl (C=O) groups is 2. The molecule has 2 N–H and O–H groups in total. The Hall–Kier alpha value is -4.96. The molecule has 0 unspecified atom stereocenters. The molecule has 5 aromatic rings. The van der Waals surface area contributed by atoms with E-state index in [1.165, 1.54) is 33.2 Å². The van der Waals surface area contributed by atoms with E-state index >= 15 is 4.39 Å². The predicted octanol–water partition coefficient (Wildman–Crippen LogP) is 5.91. The molecule has 3 amide bonds. The van der Waals surface area contributed by atoms with Crippen LogP contribution in [0.5, 0.6) is 0 Å². The highest BCUT2D eigenvalue weighted by Gasteiger charge is 2.31. The number of benzene rings is 3. The van der Waals surface area contributed by atoms with Crippen molar-refractivity contribution >= 4 is 56.2 Å². The number of sulfonamides is 1. The first-order chi connectivity index (χ1) is 26.5. The number of hydrogen-bond acceptors (Lipinski definition) is 9. The van der Waals surface area contributed by atoms with Gasteiger partial charge in [-0.15, -0.1) is 0 Å². The molecule has 3 aliphatic rings. The number of hydrogen-bond donors (Lipinski definition) is 2. The fourth-order valence-corrected chi connectivity index (χ4v) is 9.40. The zero-order valence-electron chi connectivity index (χ0n) is 30.3. The van der Waals surface area contributed by atoms with E-state index in [1.54, 1.807) is 35.0 Å². The van der Waals surface area contributed by atoms with Crippen LogP contribution < -0.4 is 15.5 Å². The summed E-state index contributed by atoms with van der Waals surface area (Å²) in [6, 6.07) is 17.7. The lowest BCUT2D eigenvalue weighted by Crippen LogP contribution is -2.49. The van der Waals surface area contributed by atoms with E-state index in [1.807, 2.05) is 19.2 Å². The molecule has 55 heavy (non-hydrogen) atoms. The van der Waals surface area contributed by atoms with Gasteiger partial charge in [0.05, 0.1) is 27.8 Å². The van der Waals surface area contributed by atoms with Crippen LogP contribution in [0.25, 0.3) is 22.0 Å². The number of urea groups is 1. The Labute approximate surface area is 323 Å². The lowest BCUT2D eigenvalue weighted by Gasteiger charge is -2.32. The maximum Gasteiger partial charge on any atom is 0.329 e. The molecule has 3 fully saturated rings. The summed E-state index contributed by atoms with van der Waals surface area (Å²) in [7, 11) is -1.90. The Bertz CT molecular complexity index is 2360. The Morgan fingerprint density at radius 1 is 0.909 bits per heavy atom. The zero-order chi connectivity index (χ0) is 38.3. The predicted molar refractivity (Wildman–Crippen MR) is 208 cm³/mol. The minimum Gasteiger partial charge on any atom is -0.351 e. The van der Waals surface area contributed by atoms with Gasteiger partial charge in [-0.2, -0.15) is 9.40 Å². The second-order valence-electron chi connectivity index (χ2n) is 14.4. The van der Waals surface area contributed by atoms with Gasteiger partial charge in [-0.1, -0.05) is 41.9 Å². The van der Waals surface area contributed by atoms with E-state index in [0.717, 1.165) is 36.8 Å². The van der Waals surface area contributed by atoms with Crippen LogP contribution in [0.15, 0.2) is 78.0 Å². The van der Waals surface area contributed by atoms with E-state index in [9.17, 15) is 18.0 Å². The van der Waals surface area contributed by atoms with Crippen LogP contribution in [-0.2, 0) is 28.4 Å². The highest BCUT2D eigenvalue weighted by atomic mass is 35.5. The molecule has 16 heteroatoms. The maximum atomic E-state index is 15.6. The van der Waals surface area contributed by atoms with Crippen LogP contribution in [-0.4, -0.2) is 88.1 Å². The molecule has 0 spiro atoms. The van der Waals surface area contributed by atoms with Crippen LogP contribution in [0.2, 0.25) is 5.02 Å². The third-order valence-corrected chi connectivity index (χ3v) is 13.0. The van der Waals surface area contributed by atoms with E-state index in [2.05, 4.69) is 42.7 Å². The molecule has 8 rings (SSSR count). The number of aromatic nitrogens is 4. The van der Waals surface area contributed by atoms with Crippen molar-refractivity contribution in [3.63, 3.8) is 0 Å². The minimum absolute atomic E-state index is 0.0384. The standard InChI is InChI=1S/C39H41ClFN9O4S/c1-47-35-21-28(7-8-33(35)37(46-47)50-18-13-36(51)45-39(50)52)25-9-14-48(15-10-25)24-29-6-5-27(20-34(29)41)26-3-2-4-32(19-26)55(53,54)49-16-11-31(12-17-49)44-38-42-22-30(40)23-43-38/h2-8,19-23,25,31H,9-18,24H2,1H3,(H,42,43,44)(H,45,51,52). The first-order valence-electron chi connectivity index (χ1n) is 18.5. The summed E-state index contributed by atoms with van der Waals surface area (Å²) in [6.07, 6.45) is 6.30. The summed E-state index contributed by atoms with van der Waals surface area (Å²) >= 11 is 5.88. The molecular weight excluding hydrogens is 745 g/mol. The Morgan fingerprint density at radius 2 is 1.65 bits per heavy atom. The molecule has 2 aromatic heterocycles. The van der Waals surface area contributed by atoms with Gasteiger partial charge in [-0.25, -0.2) is 27.6 Å². The van der Waals surface area contributed by atoms with Gasteiger partial charge in [0.1, 0.15) is 5.82 Å². The number of piperidine rings is 2. The number of rotatable bonds is 9. The van der Waals surface area contributed by atoms with Gasteiger partial charge in [-0.3, -0.25) is 24.6 Å². The minimum atomic E-state index is -3.75. The molecule has 13 nitrogen and oxygen atoms in total. The average Bonchev–Trinajstić information content (AvgIpc) is 3.52. The largest absolute Gasteiger partial charge is 0.351 e. The number of carbonyl (C=O) groups excluding carboxylic acids is 2. The molecular formula is C39H41ClFN9O4S. The first kappa shape index (κ1) is 37.0. The van der Waals surface area contributed by atoms with Crippen molar-refractivity contribution in [1.82, 2.24) is 34.3 Å². The van der Waals surface area contributed by atoms with Gasteiger partial charge in [0, 0.05) is 56.6 Å². The number of fused-ring (bicyclic) bond motifs is 1. The van der Waals surface area contributed by atoms with Crippen LogP contribution in [0.3, 0.4) is 0 Å². The smallest absolute Gasteiger partial charge is 0.329 e. The monoisotopic (exact) mass is 785 g/mol. The van der Waals surface area contributed by atoms with Crippen molar-refractivity contribution in [3.8, 4) is 11.1 Å². The van der Waals surface area contributed by atoms with Crippen molar-refractivity contribution in [3.05, 3.63) is 95.0 Å². The number of amides is 3. The quantitative estimate of drug-likeness (QED) is 0.186. The highest BCUT2D eigenvalue weighted by molar-refractivity contribution is 7.89. The molecule has 5 heterocycles. The van der Waals surface area contributed by atoms with Crippen LogP contribution >= 0.6 is 11.6 Å². The number of imide groups is 1. The number of nitrogens with zero attached hydrogens (tertiary/aromatic N) is 7. The SMILES string of the molecule is Cn1nc(N2CCC(=O)NC2=O)c2ccc(C3CCN(Cc4ccc(-c5cccc(S(=O)(=O)N6CCC(Nc7ncc(Cl)cn7)CC6)c5)cc4F)CC3)cc21. The normalized spacial score (nSPS) is 18.2. The van der Waals surface area contributed by atoms with Gasteiger partial charge in [0.25, 0.3) is 0 Å². The van der Waals surface area contributed by atoms with Crippen LogP contribution in [0.4, 0.5) is 21.0 Å². The van der Waals surface area contributed by atoms with Gasteiger partial charge in [0.2, 0.25) is 21.9 Å². The van der Waals surface area contributed by atoms with Crippen molar-refractivity contribution in [2.45, 2.75) is 55.5 Å². The summed E-state index contributed by atoms with van der Waals surface area (Å²) in [5, 5.41) is 11.5. The summed E-state index contributed by atoms with van der Waals surface area (Å²) in [5.41, 5.74) is 3.97. The van der Waals surface area contributed by atoms with Crippen molar-refractivity contribution < 1.29 is 22.4 Å². The molecule has 0 bridgehead atoms. The molecule has 0 saturated carbocycles. The van der Waals surface area contributed by atoms with E-state index in [-0.39, 0.29) is 29.1 Å². The number of likely N-dealkylation sites (tertiary alicyclic amines) is 1. The summed E-state index contributed by atoms with van der Waals surface area (Å²) in [4.78, 5) is 36.4. The van der Waals surface area contributed by atoms with Crippen molar-refractivity contribution in [1.29, 1.82) is 0 Å². The molecule has 0 radical (unpaired) electrons. The number of aryl methyl sites for hydroxylation is 1. The Balaban J connectivity index is 0.874. The molecule has 3 saturated heterocycles.